The molecule has 0 aromatic carbocycles. The minimum absolute atomic E-state index is 0.0756. The van der Waals surface area contributed by atoms with Crippen molar-refractivity contribution in [1.82, 2.24) is 9.80 Å². The molecule has 1 aliphatic heterocycles. The summed E-state index contributed by atoms with van der Waals surface area (Å²) in [6.45, 7) is 8.13. The summed E-state index contributed by atoms with van der Waals surface area (Å²) in [5, 5.41) is 0. The molecule has 98 valence electrons. The average Bonchev–Trinajstić information content (AvgIpc) is 2.28. The maximum absolute atomic E-state index is 11.9. The van der Waals surface area contributed by atoms with Gasteiger partial charge in [0.25, 0.3) is 0 Å². The summed E-state index contributed by atoms with van der Waals surface area (Å²) in [6.07, 6.45) is 0.401. The molecule has 0 saturated carbocycles. The van der Waals surface area contributed by atoms with E-state index in [4.69, 9.17) is 5.73 Å². The van der Waals surface area contributed by atoms with Gasteiger partial charge in [-0.2, -0.15) is 0 Å². The van der Waals surface area contributed by atoms with Gasteiger partial charge in [-0.25, -0.2) is 0 Å². The minimum Gasteiger partial charge on any atom is -0.339 e. The third-order valence-electron chi connectivity index (χ3n) is 3.34. The second-order valence-electron chi connectivity index (χ2n) is 5.00. The summed E-state index contributed by atoms with van der Waals surface area (Å²) >= 11 is 0. The average molecular weight is 241 g/mol. The summed E-state index contributed by atoms with van der Waals surface area (Å²) < 4.78 is 0. The van der Waals surface area contributed by atoms with Gasteiger partial charge in [0.05, 0.1) is 0 Å². The molecule has 1 rings (SSSR count). The lowest BCUT2D eigenvalue weighted by Gasteiger charge is -2.35. The highest BCUT2D eigenvalue weighted by Gasteiger charge is 2.24. The molecule has 1 heterocycles. The zero-order chi connectivity index (χ0) is 13.0. The Balaban J connectivity index is 2.38. The molecule has 2 amide bonds. The molecule has 17 heavy (non-hydrogen) atoms. The maximum Gasteiger partial charge on any atom is 0.224 e. The fourth-order valence-electron chi connectivity index (χ4n) is 1.84. The van der Waals surface area contributed by atoms with Gasteiger partial charge in [-0.05, 0) is 5.92 Å². The fourth-order valence-corrected chi connectivity index (χ4v) is 1.84. The first-order chi connectivity index (χ1) is 7.91. The van der Waals surface area contributed by atoms with Gasteiger partial charge in [0.15, 0.2) is 0 Å². The Labute approximate surface area is 103 Å². The molecule has 0 bridgehead atoms. The van der Waals surface area contributed by atoms with Crippen molar-refractivity contribution in [3.63, 3.8) is 0 Å². The lowest BCUT2D eigenvalue weighted by Crippen LogP contribution is -2.51. The van der Waals surface area contributed by atoms with E-state index < -0.39 is 0 Å². The SMILES string of the molecule is CC(=O)N1CCN(C(=O)CC(N)C(C)C)CC1. The number of hydrogen-bond acceptors (Lipinski definition) is 3. The van der Waals surface area contributed by atoms with Gasteiger partial charge in [-0.3, -0.25) is 9.59 Å². The fraction of sp³-hybridized carbons (Fsp3) is 0.833. The lowest BCUT2D eigenvalue weighted by molar-refractivity contribution is -0.138. The quantitative estimate of drug-likeness (QED) is 0.759. The van der Waals surface area contributed by atoms with Crippen LogP contribution in [0.15, 0.2) is 0 Å². The van der Waals surface area contributed by atoms with Gasteiger partial charge >= 0.3 is 0 Å². The molecule has 0 aliphatic carbocycles. The number of nitrogens with zero attached hydrogens (tertiary/aromatic N) is 2. The zero-order valence-electron chi connectivity index (χ0n) is 11.0. The first-order valence-electron chi connectivity index (χ1n) is 6.20. The van der Waals surface area contributed by atoms with Crippen LogP contribution >= 0.6 is 0 Å². The highest BCUT2D eigenvalue weighted by atomic mass is 16.2. The summed E-state index contributed by atoms with van der Waals surface area (Å²) in [5.74, 6) is 0.503. The smallest absolute Gasteiger partial charge is 0.224 e. The van der Waals surface area contributed by atoms with E-state index in [9.17, 15) is 9.59 Å². The number of carbonyl (C=O) groups is 2. The van der Waals surface area contributed by atoms with E-state index in [-0.39, 0.29) is 17.9 Å². The van der Waals surface area contributed by atoms with E-state index in [0.717, 1.165) is 0 Å². The molecule has 5 heteroatoms. The largest absolute Gasteiger partial charge is 0.339 e. The molecule has 0 aromatic heterocycles. The van der Waals surface area contributed by atoms with Crippen LogP contribution in [0.1, 0.15) is 27.2 Å². The molecule has 0 radical (unpaired) electrons. The van der Waals surface area contributed by atoms with Crippen LogP contribution in [0.3, 0.4) is 0 Å². The molecule has 0 spiro atoms. The van der Waals surface area contributed by atoms with Crippen LogP contribution in [-0.4, -0.2) is 53.8 Å². The summed E-state index contributed by atoms with van der Waals surface area (Å²) in [5.41, 5.74) is 5.89. The first kappa shape index (κ1) is 14.0. The Hall–Kier alpha value is -1.10. The van der Waals surface area contributed by atoms with Crippen molar-refractivity contribution in [2.45, 2.75) is 33.2 Å². The predicted molar refractivity (Wildman–Crippen MR) is 66.3 cm³/mol. The van der Waals surface area contributed by atoms with Gasteiger partial charge in [0, 0.05) is 45.6 Å². The van der Waals surface area contributed by atoms with Crippen LogP contribution < -0.4 is 5.73 Å². The molecular formula is C12H23N3O2. The van der Waals surface area contributed by atoms with Gasteiger partial charge in [-0.1, -0.05) is 13.8 Å². The van der Waals surface area contributed by atoms with E-state index in [2.05, 4.69) is 0 Å². The standard InChI is InChI=1S/C12H23N3O2/c1-9(2)11(13)8-12(17)15-6-4-14(5-7-15)10(3)16/h9,11H,4-8,13H2,1-3H3. The van der Waals surface area contributed by atoms with Gasteiger partial charge in [-0.15, -0.1) is 0 Å². The second-order valence-corrected chi connectivity index (χ2v) is 5.00. The number of carbonyl (C=O) groups excluding carboxylic acids is 2. The molecule has 1 atom stereocenters. The Bertz CT molecular complexity index is 283. The van der Waals surface area contributed by atoms with Gasteiger partial charge < -0.3 is 15.5 Å². The Morgan fingerprint density at radius 1 is 1.12 bits per heavy atom. The third kappa shape index (κ3) is 4.00. The molecule has 1 aliphatic rings. The van der Waals surface area contributed by atoms with E-state index in [1.807, 2.05) is 18.7 Å². The summed E-state index contributed by atoms with van der Waals surface area (Å²) in [7, 11) is 0. The van der Waals surface area contributed by atoms with Crippen LogP contribution in [0.4, 0.5) is 0 Å². The molecule has 1 fully saturated rings. The van der Waals surface area contributed by atoms with Crippen LogP contribution in [-0.2, 0) is 9.59 Å². The number of hydrogen-bond donors (Lipinski definition) is 1. The monoisotopic (exact) mass is 241 g/mol. The van der Waals surface area contributed by atoms with Crippen LogP contribution in [0.5, 0.6) is 0 Å². The molecule has 1 unspecified atom stereocenters. The first-order valence-corrected chi connectivity index (χ1v) is 6.20. The van der Waals surface area contributed by atoms with E-state index in [1.54, 1.807) is 11.8 Å². The predicted octanol–water partition coefficient (Wildman–Crippen LogP) is 0.0505. The Kier molecular flexibility index (Phi) is 4.93. The molecule has 5 nitrogen and oxygen atoms in total. The van der Waals surface area contributed by atoms with Crippen molar-refractivity contribution in [1.29, 1.82) is 0 Å². The van der Waals surface area contributed by atoms with E-state index in [1.165, 1.54) is 0 Å². The third-order valence-corrected chi connectivity index (χ3v) is 3.34. The maximum atomic E-state index is 11.9. The van der Waals surface area contributed by atoms with Crippen molar-refractivity contribution < 1.29 is 9.59 Å². The van der Waals surface area contributed by atoms with Crippen molar-refractivity contribution in [2.75, 3.05) is 26.2 Å². The second kappa shape index (κ2) is 6.00. The highest BCUT2D eigenvalue weighted by molar-refractivity contribution is 5.78. The van der Waals surface area contributed by atoms with Gasteiger partial charge in [0.2, 0.25) is 11.8 Å². The van der Waals surface area contributed by atoms with E-state index >= 15 is 0 Å². The van der Waals surface area contributed by atoms with Crippen molar-refractivity contribution in [3.05, 3.63) is 0 Å². The van der Waals surface area contributed by atoms with Gasteiger partial charge in [0.1, 0.15) is 0 Å². The number of amides is 2. The summed E-state index contributed by atoms with van der Waals surface area (Å²) in [4.78, 5) is 26.7. The van der Waals surface area contributed by atoms with Crippen molar-refractivity contribution in [3.8, 4) is 0 Å². The Morgan fingerprint density at radius 3 is 2.00 bits per heavy atom. The number of piperazine rings is 1. The van der Waals surface area contributed by atoms with Crippen molar-refractivity contribution >= 4 is 11.8 Å². The van der Waals surface area contributed by atoms with Crippen LogP contribution in [0, 0.1) is 5.92 Å². The molecule has 1 saturated heterocycles. The Morgan fingerprint density at radius 2 is 1.59 bits per heavy atom. The highest BCUT2D eigenvalue weighted by Crippen LogP contribution is 2.08. The zero-order valence-corrected chi connectivity index (χ0v) is 11.0. The molecule has 0 aromatic rings. The molecule has 2 N–H and O–H groups in total. The van der Waals surface area contributed by atoms with Crippen LogP contribution in [0.2, 0.25) is 0 Å². The number of nitrogens with two attached hydrogens (primary N) is 1. The van der Waals surface area contributed by atoms with Crippen molar-refractivity contribution in [2.24, 2.45) is 11.7 Å². The lowest BCUT2D eigenvalue weighted by atomic mass is 10.0. The van der Waals surface area contributed by atoms with E-state index in [0.29, 0.717) is 38.5 Å². The summed E-state index contributed by atoms with van der Waals surface area (Å²) in [6, 6.07) is -0.0756. The molecular weight excluding hydrogens is 218 g/mol. The number of rotatable bonds is 3. The topological polar surface area (TPSA) is 66.6 Å². The van der Waals surface area contributed by atoms with Crippen LogP contribution in [0.25, 0.3) is 0 Å². The normalized spacial score (nSPS) is 18.4. The minimum atomic E-state index is -0.0756.